The molecule has 1 amide bonds. The molecule has 1 aliphatic carbocycles. The number of hydrogen-bond donors (Lipinski definition) is 1. The standard InChI is InChI=1S/C24H35N5O3S/c1-27-22-8-7-20(33(31,32)29-13-3-2-4-14-29)17-21(22)26-23(27)9-10-24(30)25-18-11-15-28(16-12-18)19-5-6-19/h7-8,17-19H,2-6,9-16H2,1H3,(H,25,30). The quantitative estimate of drug-likeness (QED) is 0.667. The molecule has 33 heavy (non-hydrogen) atoms. The van der Waals surface area contributed by atoms with Gasteiger partial charge in [-0.15, -0.1) is 0 Å². The first-order chi connectivity index (χ1) is 15.9. The van der Waals surface area contributed by atoms with Gasteiger partial charge in [0.05, 0.1) is 15.9 Å². The van der Waals surface area contributed by atoms with Crippen molar-refractivity contribution in [2.75, 3.05) is 26.2 Å². The molecule has 3 heterocycles. The van der Waals surface area contributed by atoms with Crippen LogP contribution >= 0.6 is 0 Å². The van der Waals surface area contributed by atoms with Crippen molar-refractivity contribution >= 4 is 27.0 Å². The Kier molecular flexibility index (Phi) is 6.46. The second kappa shape index (κ2) is 9.35. The molecule has 180 valence electrons. The van der Waals surface area contributed by atoms with E-state index in [0.29, 0.717) is 36.3 Å². The number of nitrogens with one attached hydrogen (secondary N) is 1. The lowest BCUT2D eigenvalue weighted by Crippen LogP contribution is -2.45. The van der Waals surface area contributed by atoms with Crippen molar-refractivity contribution in [3.05, 3.63) is 24.0 Å². The number of piperidine rings is 2. The van der Waals surface area contributed by atoms with Crippen LogP contribution in [0.2, 0.25) is 0 Å². The molecule has 9 heteroatoms. The van der Waals surface area contributed by atoms with Crippen molar-refractivity contribution in [3.8, 4) is 0 Å². The predicted molar refractivity (Wildman–Crippen MR) is 127 cm³/mol. The molecule has 0 bridgehead atoms. The molecule has 5 rings (SSSR count). The maximum atomic E-state index is 13.0. The number of carbonyl (C=O) groups excluding carboxylic acids is 1. The van der Waals surface area contributed by atoms with Gasteiger partial charge in [0.25, 0.3) is 0 Å². The van der Waals surface area contributed by atoms with E-state index in [1.54, 1.807) is 16.4 Å². The minimum atomic E-state index is -3.49. The fourth-order valence-corrected chi connectivity index (χ4v) is 6.78. The van der Waals surface area contributed by atoms with Crippen LogP contribution in [0.5, 0.6) is 0 Å². The van der Waals surface area contributed by atoms with Crippen molar-refractivity contribution in [3.63, 3.8) is 0 Å². The Morgan fingerprint density at radius 1 is 1.06 bits per heavy atom. The van der Waals surface area contributed by atoms with Gasteiger partial charge in [-0.3, -0.25) is 4.79 Å². The summed E-state index contributed by atoms with van der Waals surface area (Å²) in [6.45, 7) is 3.34. The van der Waals surface area contributed by atoms with Gasteiger partial charge in [-0.1, -0.05) is 6.42 Å². The molecule has 0 spiro atoms. The molecule has 0 radical (unpaired) electrons. The van der Waals surface area contributed by atoms with E-state index in [1.807, 2.05) is 17.7 Å². The third-order valence-corrected chi connectivity index (χ3v) is 9.33. The van der Waals surface area contributed by atoms with Gasteiger partial charge >= 0.3 is 0 Å². The minimum absolute atomic E-state index is 0.0697. The summed E-state index contributed by atoms with van der Waals surface area (Å²) in [5.74, 6) is 0.872. The Labute approximate surface area is 196 Å². The Morgan fingerprint density at radius 3 is 2.48 bits per heavy atom. The average Bonchev–Trinajstić information content (AvgIpc) is 3.63. The number of aryl methyl sites for hydroxylation is 2. The lowest BCUT2D eigenvalue weighted by Gasteiger charge is -2.32. The fourth-order valence-electron chi connectivity index (χ4n) is 5.24. The lowest BCUT2D eigenvalue weighted by atomic mass is 10.0. The number of fused-ring (bicyclic) bond motifs is 1. The van der Waals surface area contributed by atoms with Gasteiger partial charge in [0, 0.05) is 58.2 Å². The highest BCUT2D eigenvalue weighted by atomic mass is 32.2. The molecule has 0 atom stereocenters. The number of aromatic nitrogens is 2. The van der Waals surface area contributed by atoms with Crippen LogP contribution < -0.4 is 5.32 Å². The number of carbonyl (C=O) groups is 1. The molecule has 2 saturated heterocycles. The summed E-state index contributed by atoms with van der Waals surface area (Å²) in [6.07, 6.45) is 8.56. The largest absolute Gasteiger partial charge is 0.353 e. The molecule has 2 aromatic rings. The number of benzene rings is 1. The van der Waals surface area contributed by atoms with Gasteiger partial charge in [0.1, 0.15) is 5.82 Å². The Bertz CT molecular complexity index is 1110. The normalized spacial score (nSPS) is 21.5. The molecule has 1 aromatic heterocycles. The first kappa shape index (κ1) is 22.8. The Hall–Kier alpha value is -1.97. The Morgan fingerprint density at radius 2 is 1.79 bits per heavy atom. The summed E-state index contributed by atoms with van der Waals surface area (Å²) >= 11 is 0. The van der Waals surface area contributed by atoms with Gasteiger partial charge in [0.15, 0.2) is 0 Å². The van der Waals surface area contributed by atoms with E-state index in [-0.39, 0.29) is 11.9 Å². The van der Waals surface area contributed by atoms with Gasteiger partial charge in [-0.2, -0.15) is 4.31 Å². The van der Waals surface area contributed by atoms with Crippen LogP contribution in [0.25, 0.3) is 11.0 Å². The van der Waals surface area contributed by atoms with E-state index >= 15 is 0 Å². The smallest absolute Gasteiger partial charge is 0.243 e. The van der Waals surface area contributed by atoms with E-state index < -0.39 is 10.0 Å². The van der Waals surface area contributed by atoms with Gasteiger partial charge in [-0.25, -0.2) is 13.4 Å². The van der Waals surface area contributed by atoms with Gasteiger partial charge < -0.3 is 14.8 Å². The van der Waals surface area contributed by atoms with Crippen LogP contribution in [0.3, 0.4) is 0 Å². The van der Waals surface area contributed by atoms with Crippen molar-refractivity contribution in [2.24, 2.45) is 7.05 Å². The number of rotatable bonds is 7. The van der Waals surface area contributed by atoms with E-state index in [2.05, 4.69) is 15.2 Å². The summed E-state index contributed by atoms with van der Waals surface area (Å²) in [5.41, 5.74) is 1.55. The topological polar surface area (TPSA) is 87.5 Å². The third-order valence-electron chi connectivity index (χ3n) is 7.43. The molecule has 2 aliphatic heterocycles. The minimum Gasteiger partial charge on any atom is -0.353 e. The Balaban J connectivity index is 1.20. The molecular weight excluding hydrogens is 438 g/mol. The molecule has 1 N–H and O–H groups in total. The maximum absolute atomic E-state index is 13.0. The highest BCUT2D eigenvalue weighted by Gasteiger charge is 2.32. The van der Waals surface area contributed by atoms with Crippen molar-refractivity contribution in [1.82, 2.24) is 24.1 Å². The third kappa shape index (κ3) is 4.95. The maximum Gasteiger partial charge on any atom is 0.243 e. The molecule has 8 nitrogen and oxygen atoms in total. The summed E-state index contributed by atoms with van der Waals surface area (Å²) in [4.78, 5) is 20.1. The van der Waals surface area contributed by atoms with Crippen LogP contribution in [-0.2, 0) is 28.3 Å². The van der Waals surface area contributed by atoms with Crippen LogP contribution in [0, 0.1) is 0 Å². The fraction of sp³-hybridized carbons (Fsp3) is 0.667. The SMILES string of the molecule is Cn1c(CCC(=O)NC2CCN(C3CC3)CC2)nc2cc(S(=O)(=O)N3CCCCC3)ccc21. The highest BCUT2D eigenvalue weighted by Crippen LogP contribution is 2.29. The van der Waals surface area contributed by atoms with Gasteiger partial charge in [0.2, 0.25) is 15.9 Å². The summed E-state index contributed by atoms with van der Waals surface area (Å²) in [5, 5.41) is 3.20. The van der Waals surface area contributed by atoms with Crippen LogP contribution in [0.4, 0.5) is 0 Å². The molecule has 1 aromatic carbocycles. The summed E-state index contributed by atoms with van der Waals surface area (Å²) in [7, 11) is -1.56. The summed E-state index contributed by atoms with van der Waals surface area (Å²) < 4.78 is 29.6. The number of sulfonamides is 1. The lowest BCUT2D eigenvalue weighted by molar-refractivity contribution is -0.122. The number of amides is 1. The van der Waals surface area contributed by atoms with Crippen LogP contribution in [0.15, 0.2) is 23.1 Å². The number of imidazole rings is 1. The van der Waals surface area contributed by atoms with E-state index in [0.717, 1.165) is 62.6 Å². The molecule has 3 fully saturated rings. The van der Waals surface area contributed by atoms with Crippen molar-refractivity contribution in [1.29, 1.82) is 0 Å². The second-order valence-corrected chi connectivity index (χ2v) is 11.7. The zero-order valence-electron chi connectivity index (χ0n) is 19.5. The van der Waals surface area contributed by atoms with E-state index in [9.17, 15) is 13.2 Å². The zero-order chi connectivity index (χ0) is 23.0. The first-order valence-corrected chi connectivity index (χ1v) is 13.8. The molecule has 3 aliphatic rings. The van der Waals surface area contributed by atoms with Crippen LogP contribution in [-0.4, -0.2) is 71.3 Å². The molecular formula is C24H35N5O3S. The predicted octanol–water partition coefficient (Wildman–Crippen LogP) is 2.42. The zero-order valence-corrected chi connectivity index (χ0v) is 20.3. The van der Waals surface area contributed by atoms with E-state index in [4.69, 9.17) is 0 Å². The second-order valence-electron chi connectivity index (χ2n) is 9.81. The molecule has 1 saturated carbocycles. The number of likely N-dealkylation sites (tertiary alicyclic amines) is 1. The van der Waals surface area contributed by atoms with Crippen LogP contribution in [0.1, 0.15) is 57.2 Å². The van der Waals surface area contributed by atoms with Crippen molar-refractivity contribution in [2.45, 2.75) is 74.8 Å². The van der Waals surface area contributed by atoms with Crippen molar-refractivity contribution < 1.29 is 13.2 Å². The van der Waals surface area contributed by atoms with E-state index in [1.165, 1.54) is 12.8 Å². The van der Waals surface area contributed by atoms with Gasteiger partial charge in [-0.05, 0) is 56.7 Å². The highest BCUT2D eigenvalue weighted by molar-refractivity contribution is 7.89. The first-order valence-electron chi connectivity index (χ1n) is 12.4. The molecule has 0 unspecified atom stereocenters. The summed E-state index contributed by atoms with van der Waals surface area (Å²) in [6, 6.07) is 6.26. The number of nitrogens with zero attached hydrogens (tertiary/aromatic N) is 4. The monoisotopic (exact) mass is 473 g/mol. The average molecular weight is 474 g/mol. The number of hydrogen-bond acceptors (Lipinski definition) is 5.